The van der Waals surface area contributed by atoms with E-state index in [4.69, 9.17) is 9.47 Å². The normalized spacial score (nSPS) is 22.8. The molecule has 3 fully saturated rings. The average molecular weight is 442 g/mol. The fourth-order valence-corrected chi connectivity index (χ4v) is 5.88. The molecule has 5 rings (SSSR count). The first kappa shape index (κ1) is 20.9. The van der Waals surface area contributed by atoms with Gasteiger partial charge in [0, 0.05) is 58.0 Å². The monoisotopic (exact) mass is 441 g/mol. The minimum atomic E-state index is 0.165. The Bertz CT molecular complexity index is 867. The van der Waals surface area contributed by atoms with Crippen molar-refractivity contribution < 1.29 is 14.3 Å². The van der Waals surface area contributed by atoms with Gasteiger partial charge in [0.25, 0.3) is 5.91 Å². The number of thiophene rings is 1. The predicted molar refractivity (Wildman–Crippen MR) is 124 cm³/mol. The van der Waals surface area contributed by atoms with Crippen LogP contribution in [0.25, 0.3) is 11.1 Å². The highest BCUT2D eigenvalue weighted by Gasteiger charge is 2.28. The zero-order valence-corrected chi connectivity index (χ0v) is 18.8. The number of hydrogen-bond acceptors (Lipinski definition) is 6. The highest BCUT2D eigenvalue weighted by molar-refractivity contribution is 7.18. The van der Waals surface area contributed by atoms with E-state index in [1.165, 1.54) is 23.4 Å². The third kappa shape index (κ3) is 4.80. The molecule has 2 aromatic rings. The van der Waals surface area contributed by atoms with E-state index in [1.54, 1.807) is 11.3 Å². The summed E-state index contributed by atoms with van der Waals surface area (Å²) in [5.41, 5.74) is 2.33. The molecule has 1 aromatic carbocycles. The quantitative estimate of drug-likeness (QED) is 0.713. The summed E-state index contributed by atoms with van der Waals surface area (Å²) in [5.74, 6) is 0.165. The van der Waals surface area contributed by atoms with E-state index in [0.717, 1.165) is 76.1 Å². The van der Waals surface area contributed by atoms with Gasteiger partial charge in [0.15, 0.2) is 0 Å². The molecule has 0 saturated carbocycles. The smallest absolute Gasteiger partial charge is 0.264 e. The van der Waals surface area contributed by atoms with Gasteiger partial charge >= 0.3 is 0 Å². The zero-order chi connectivity index (χ0) is 21.0. The standard InChI is InChI=1S/C24H31N3O3S/c28-23(26-10-8-25(9-11-26)18-20-7-4-14-30-20)22-17-21(19-5-2-1-3-6-19)24(31-22)27-12-15-29-16-13-27/h1-3,5-6,17,20H,4,7-16,18H2. The number of piperazine rings is 1. The molecule has 0 N–H and O–H groups in total. The van der Waals surface area contributed by atoms with E-state index in [2.05, 4.69) is 40.1 Å². The Morgan fingerprint density at radius 3 is 2.48 bits per heavy atom. The van der Waals surface area contributed by atoms with Crippen molar-refractivity contribution in [2.24, 2.45) is 0 Å². The van der Waals surface area contributed by atoms with Crippen LogP contribution >= 0.6 is 11.3 Å². The Labute approximate surface area is 188 Å². The van der Waals surface area contributed by atoms with Crippen LogP contribution in [-0.4, -0.2) is 87.4 Å². The number of nitrogens with zero attached hydrogens (tertiary/aromatic N) is 3. The van der Waals surface area contributed by atoms with Crippen LogP contribution in [0.4, 0.5) is 5.00 Å². The third-order valence-electron chi connectivity index (χ3n) is 6.45. The van der Waals surface area contributed by atoms with Gasteiger partial charge in [-0.2, -0.15) is 0 Å². The fraction of sp³-hybridized carbons (Fsp3) is 0.542. The van der Waals surface area contributed by atoms with E-state index < -0.39 is 0 Å². The Morgan fingerprint density at radius 2 is 1.77 bits per heavy atom. The number of anilines is 1. The van der Waals surface area contributed by atoms with Crippen molar-refractivity contribution in [2.45, 2.75) is 18.9 Å². The van der Waals surface area contributed by atoms with Gasteiger partial charge in [-0.1, -0.05) is 30.3 Å². The molecule has 4 heterocycles. The van der Waals surface area contributed by atoms with E-state index in [1.807, 2.05) is 11.0 Å². The van der Waals surface area contributed by atoms with Crippen LogP contribution in [0.1, 0.15) is 22.5 Å². The first-order valence-electron chi connectivity index (χ1n) is 11.4. The maximum Gasteiger partial charge on any atom is 0.264 e. The van der Waals surface area contributed by atoms with Crippen molar-refractivity contribution in [3.05, 3.63) is 41.3 Å². The van der Waals surface area contributed by atoms with E-state index in [9.17, 15) is 4.79 Å². The van der Waals surface area contributed by atoms with Crippen LogP contribution in [-0.2, 0) is 9.47 Å². The largest absolute Gasteiger partial charge is 0.378 e. The maximum absolute atomic E-state index is 13.4. The molecule has 31 heavy (non-hydrogen) atoms. The molecule has 7 heteroatoms. The number of carbonyl (C=O) groups excluding carboxylic acids is 1. The number of hydrogen-bond donors (Lipinski definition) is 0. The highest BCUT2D eigenvalue weighted by atomic mass is 32.1. The van der Waals surface area contributed by atoms with Gasteiger partial charge < -0.3 is 19.3 Å². The van der Waals surface area contributed by atoms with Crippen molar-refractivity contribution in [1.29, 1.82) is 0 Å². The first-order chi connectivity index (χ1) is 15.3. The van der Waals surface area contributed by atoms with Crippen molar-refractivity contribution >= 4 is 22.2 Å². The van der Waals surface area contributed by atoms with Crippen molar-refractivity contribution in [1.82, 2.24) is 9.80 Å². The van der Waals surface area contributed by atoms with Crippen molar-refractivity contribution in [3.63, 3.8) is 0 Å². The van der Waals surface area contributed by atoms with Gasteiger partial charge in [0.2, 0.25) is 0 Å². The van der Waals surface area contributed by atoms with Crippen LogP contribution in [0, 0.1) is 0 Å². The van der Waals surface area contributed by atoms with Gasteiger partial charge in [-0.15, -0.1) is 11.3 Å². The second-order valence-electron chi connectivity index (χ2n) is 8.52. The molecule has 1 aromatic heterocycles. The van der Waals surface area contributed by atoms with Gasteiger partial charge in [-0.05, 0) is 24.5 Å². The van der Waals surface area contributed by atoms with Crippen LogP contribution in [0.2, 0.25) is 0 Å². The lowest BCUT2D eigenvalue weighted by molar-refractivity contribution is 0.0435. The molecule has 1 amide bonds. The SMILES string of the molecule is O=C(c1cc(-c2ccccc2)c(N2CCOCC2)s1)N1CCN(CC2CCCO2)CC1. The van der Waals surface area contributed by atoms with E-state index in [-0.39, 0.29) is 5.91 Å². The number of carbonyl (C=O) groups is 1. The van der Waals surface area contributed by atoms with Crippen molar-refractivity contribution in [3.8, 4) is 11.1 Å². The van der Waals surface area contributed by atoms with Crippen LogP contribution in [0.15, 0.2) is 36.4 Å². The molecule has 1 unspecified atom stereocenters. The van der Waals surface area contributed by atoms with Crippen LogP contribution in [0.5, 0.6) is 0 Å². The molecule has 0 spiro atoms. The Morgan fingerprint density at radius 1 is 1.00 bits per heavy atom. The topological polar surface area (TPSA) is 45.2 Å². The summed E-state index contributed by atoms with van der Waals surface area (Å²) in [6, 6.07) is 12.5. The Balaban J connectivity index is 1.30. The molecule has 3 aliphatic rings. The second-order valence-corrected chi connectivity index (χ2v) is 9.55. The number of ether oxygens (including phenoxy) is 2. The lowest BCUT2D eigenvalue weighted by Gasteiger charge is -2.35. The minimum absolute atomic E-state index is 0.165. The minimum Gasteiger partial charge on any atom is -0.378 e. The van der Waals surface area contributed by atoms with Crippen molar-refractivity contribution in [2.75, 3.05) is 70.5 Å². The summed E-state index contributed by atoms with van der Waals surface area (Å²) >= 11 is 1.64. The summed E-state index contributed by atoms with van der Waals surface area (Å²) in [5, 5.41) is 1.19. The lowest BCUT2D eigenvalue weighted by atomic mass is 10.1. The maximum atomic E-state index is 13.4. The third-order valence-corrected chi connectivity index (χ3v) is 7.64. The molecular weight excluding hydrogens is 410 g/mol. The number of amides is 1. The van der Waals surface area contributed by atoms with Gasteiger partial charge in [-0.3, -0.25) is 9.69 Å². The van der Waals surface area contributed by atoms with Gasteiger partial charge in [0.1, 0.15) is 0 Å². The zero-order valence-electron chi connectivity index (χ0n) is 18.0. The highest BCUT2D eigenvalue weighted by Crippen LogP contribution is 2.40. The number of benzene rings is 1. The molecule has 1 atom stereocenters. The molecule has 0 bridgehead atoms. The lowest BCUT2D eigenvalue weighted by Crippen LogP contribution is -2.50. The fourth-order valence-electron chi connectivity index (χ4n) is 4.68. The summed E-state index contributed by atoms with van der Waals surface area (Å²) in [7, 11) is 0. The van der Waals surface area contributed by atoms with Gasteiger partial charge in [-0.25, -0.2) is 0 Å². The molecule has 166 valence electrons. The summed E-state index contributed by atoms with van der Waals surface area (Å²) in [6.07, 6.45) is 2.72. The van der Waals surface area contributed by atoms with E-state index in [0.29, 0.717) is 6.10 Å². The molecule has 0 radical (unpaired) electrons. The molecule has 3 saturated heterocycles. The number of morpholine rings is 1. The molecular formula is C24H31N3O3S. The Kier molecular flexibility index (Phi) is 6.55. The first-order valence-corrected chi connectivity index (χ1v) is 12.2. The van der Waals surface area contributed by atoms with E-state index >= 15 is 0 Å². The predicted octanol–water partition coefficient (Wildman–Crippen LogP) is 3.19. The van der Waals surface area contributed by atoms with Gasteiger partial charge in [0.05, 0.1) is 29.2 Å². The Hall–Kier alpha value is -1.93. The van der Waals surface area contributed by atoms with Crippen LogP contribution < -0.4 is 4.90 Å². The van der Waals surface area contributed by atoms with Crippen LogP contribution in [0.3, 0.4) is 0 Å². The number of rotatable bonds is 5. The average Bonchev–Trinajstić information content (AvgIpc) is 3.51. The molecule has 0 aliphatic carbocycles. The second kappa shape index (κ2) is 9.69. The molecule has 3 aliphatic heterocycles. The summed E-state index contributed by atoms with van der Waals surface area (Å²) in [4.78, 5) is 21.1. The summed E-state index contributed by atoms with van der Waals surface area (Å²) in [6.45, 7) is 8.55. The molecule has 6 nitrogen and oxygen atoms in total. The summed E-state index contributed by atoms with van der Waals surface area (Å²) < 4.78 is 11.3.